The van der Waals surface area contributed by atoms with Crippen LogP contribution in [0.4, 0.5) is 18.9 Å². The van der Waals surface area contributed by atoms with Crippen molar-refractivity contribution in [3.05, 3.63) is 88.1 Å². The van der Waals surface area contributed by atoms with E-state index in [1.807, 2.05) is 0 Å². The molecule has 0 aliphatic carbocycles. The van der Waals surface area contributed by atoms with Crippen LogP contribution in [0.5, 0.6) is 0 Å². The number of halogens is 4. The minimum absolute atomic E-state index is 0.0567. The molecule has 1 aliphatic heterocycles. The van der Waals surface area contributed by atoms with Crippen LogP contribution in [-0.2, 0) is 11.0 Å². The number of ketones is 1. The van der Waals surface area contributed by atoms with Gasteiger partial charge in [0.1, 0.15) is 0 Å². The summed E-state index contributed by atoms with van der Waals surface area (Å²) < 4.78 is 39.2. The second-order valence-electron chi connectivity index (χ2n) is 5.95. The van der Waals surface area contributed by atoms with Crippen LogP contribution < -0.4 is 4.90 Å². The third-order valence-corrected chi connectivity index (χ3v) is 4.59. The van der Waals surface area contributed by atoms with E-state index in [0.29, 0.717) is 11.1 Å². The smallest absolute Gasteiger partial charge is 0.288 e. The van der Waals surface area contributed by atoms with Gasteiger partial charge in [0, 0.05) is 11.3 Å². The van der Waals surface area contributed by atoms with Crippen LogP contribution in [-0.4, -0.2) is 11.7 Å². The van der Waals surface area contributed by atoms with Gasteiger partial charge >= 0.3 is 6.18 Å². The molecule has 0 unspecified atom stereocenters. The molecule has 27 heavy (non-hydrogen) atoms. The zero-order valence-corrected chi connectivity index (χ0v) is 14.9. The maximum absolute atomic E-state index is 13.1. The fourth-order valence-electron chi connectivity index (χ4n) is 2.82. The molecule has 0 bridgehead atoms. The molecule has 1 heterocycles. The number of amides is 1. The van der Waals surface area contributed by atoms with Crippen molar-refractivity contribution in [2.45, 2.75) is 13.1 Å². The van der Waals surface area contributed by atoms with E-state index >= 15 is 0 Å². The molecule has 1 amide bonds. The Morgan fingerprint density at radius 1 is 1.11 bits per heavy atom. The predicted octanol–water partition coefficient (Wildman–Crippen LogP) is 5.42. The van der Waals surface area contributed by atoms with Gasteiger partial charge in [0.05, 0.1) is 21.8 Å². The number of carbonyl (C=O) groups excluding carboxylic acids is 2. The Labute approximate surface area is 158 Å². The maximum Gasteiger partial charge on any atom is 0.416 e. The predicted molar refractivity (Wildman–Crippen MR) is 96.6 cm³/mol. The van der Waals surface area contributed by atoms with E-state index in [0.717, 1.165) is 23.1 Å². The van der Waals surface area contributed by atoms with E-state index in [1.54, 1.807) is 30.3 Å². The van der Waals surface area contributed by atoms with Crippen molar-refractivity contribution >= 4 is 29.0 Å². The summed E-state index contributed by atoms with van der Waals surface area (Å²) in [6, 6.07) is 10.8. The molecule has 138 valence electrons. The Morgan fingerprint density at radius 3 is 2.33 bits per heavy atom. The third-order valence-electron chi connectivity index (χ3n) is 4.27. The highest BCUT2D eigenvalue weighted by molar-refractivity contribution is 6.37. The Kier molecular flexibility index (Phi) is 4.70. The first-order valence-electron chi connectivity index (χ1n) is 7.84. The highest BCUT2D eigenvalue weighted by Crippen LogP contribution is 2.41. The average molecular weight is 392 g/mol. The lowest BCUT2D eigenvalue weighted by molar-refractivity contribution is -0.137. The highest BCUT2D eigenvalue weighted by atomic mass is 35.5. The van der Waals surface area contributed by atoms with Crippen LogP contribution in [0.1, 0.15) is 22.8 Å². The van der Waals surface area contributed by atoms with Gasteiger partial charge in [-0.25, -0.2) is 0 Å². The summed E-state index contributed by atoms with van der Waals surface area (Å²) in [5.74, 6) is -1.28. The monoisotopic (exact) mass is 391 g/mol. The number of hydrogen-bond donors (Lipinski definition) is 0. The second kappa shape index (κ2) is 6.70. The molecule has 0 atom stereocenters. The zero-order chi connectivity index (χ0) is 19.9. The van der Waals surface area contributed by atoms with Crippen molar-refractivity contribution in [2.24, 2.45) is 0 Å². The van der Waals surface area contributed by atoms with Crippen molar-refractivity contribution in [2.75, 3.05) is 4.90 Å². The summed E-state index contributed by atoms with van der Waals surface area (Å²) in [5, 5.41) is -0.0567. The summed E-state index contributed by atoms with van der Waals surface area (Å²) in [6.45, 7) is 5.28. The molecule has 0 aromatic heterocycles. The van der Waals surface area contributed by atoms with Gasteiger partial charge in [-0.05, 0) is 30.7 Å². The van der Waals surface area contributed by atoms with Gasteiger partial charge < -0.3 is 0 Å². The molecule has 0 N–H and O–H groups in total. The first-order chi connectivity index (χ1) is 12.6. The van der Waals surface area contributed by atoms with E-state index in [2.05, 4.69) is 6.58 Å². The third kappa shape index (κ3) is 3.28. The van der Waals surface area contributed by atoms with Gasteiger partial charge in [0.15, 0.2) is 5.78 Å². The van der Waals surface area contributed by atoms with E-state index in [1.165, 1.54) is 6.92 Å². The Hall–Kier alpha value is -2.86. The lowest BCUT2D eigenvalue weighted by Gasteiger charge is -2.21. The Bertz CT molecular complexity index is 994. The van der Waals surface area contributed by atoms with Crippen molar-refractivity contribution in [1.29, 1.82) is 0 Å². The fourth-order valence-corrected chi connectivity index (χ4v) is 3.03. The van der Waals surface area contributed by atoms with Gasteiger partial charge in [0.25, 0.3) is 5.91 Å². The average Bonchev–Trinajstić information content (AvgIpc) is 2.84. The normalized spacial score (nSPS) is 14.9. The molecule has 2 aromatic rings. The van der Waals surface area contributed by atoms with E-state index in [9.17, 15) is 22.8 Å². The first-order valence-corrected chi connectivity index (χ1v) is 8.22. The maximum atomic E-state index is 13.1. The number of benzene rings is 2. The zero-order valence-electron chi connectivity index (χ0n) is 14.1. The van der Waals surface area contributed by atoms with Crippen molar-refractivity contribution in [1.82, 2.24) is 0 Å². The fraction of sp³-hybridized carbons (Fsp3) is 0.100. The minimum Gasteiger partial charge on any atom is -0.288 e. The molecule has 3 nitrogen and oxygen atoms in total. The molecular weight excluding hydrogens is 379 g/mol. The first kappa shape index (κ1) is 18.9. The Balaban J connectivity index is 2.06. The van der Waals surface area contributed by atoms with Crippen LogP contribution in [0.2, 0.25) is 5.02 Å². The summed E-state index contributed by atoms with van der Waals surface area (Å²) in [4.78, 5) is 26.6. The van der Waals surface area contributed by atoms with E-state index in [4.69, 9.17) is 11.6 Å². The molecule has 0 fully saturated rings. The van der Waals surface area contributed by atoms with Crippen LogP contribution in [0.3, 0.4) is 0 Å². The van der Waals surface area contributed by atoms with Crippen LogP contribution in [0, 0.1) is 0 Å². The molecule has 0 saturated heterocycles. The molecule has 3 rings (SSSR count). The highest BCUT2D eigenvalue weighted by Gasteiger charge is 2.39. The number of hydrogen-bond acceptors (Lipinski definition) is 2. The lowest BCUT2D eigenvalue weighted by atomic mass is 10.0. The van der Waals surface area contributed by atoms with Gasteiger partial charge in [-0.2, -0.15) is 13.2 Å². The molecule has 0 spiro atoms. The van der Waals surface area contributed by atoms with Gasteiger partial charge in [-0.1, -0.05) is 48.5 Å². The topological polar surface area (TPSA) is 37.4 Å². The quantitative estimate of drug-likeness (QED) is 0.517. The van der Waals surface area contributed by atoms with E-state index in [-0.39, 0.29) is 22.0 Å². The molecule has 7 heteroatoms. The summed E-state index contributed by atoms with van der Waals surface area (Å²) in [5.41, 5.74) is -0.563. The Morgan fingerprint density at radius 2 is 1.74 bits per heavy atom. The van der Waals surface area contributed by atoms with E-state index < -0.39 is 23.4 Å². The standard InChI is InChI=1S/C20H13ClF3NO2/c1-11-12(2)25(16-10-14(20(22,23)24)8-9-15(16)21)19(27)17(11)18(26)13-6-4-3-5-7-13/h3-10H,2H2,1H3. The summed E-state index contributed by atoms with van der Waals surface area (Å²) in [6.07, 6.45) is -4.60. The van der Waals surface area contributed by atoms with Gasteiger partial charge in [-0.3, -0.25) is 14.5 Å². The molecule has 2 aromatic carbocycles. The minimum atomic E-state index is -4.60. The van der Waals surface area contributed by atoms with Crippen molar-refractivity contribution in [3.8, 4) is 0 Å². The molecular formula is C20H13ClF3NO2. The second-order valence-corrected chi connectivity index (χ2v) is 6.35. The van der Waals surface area contributed by atoms with Gasteiger partial charge in [0.2, 0.25) is 0 Å². The number of nitrogens with zero attached hydrogens (tertiary/aromatic N) is 1. The van der Waals surface area contributed by atoms with Crippen LogP contribution in [0.15, 0.2) is 72.0 Å². The largest absolute Gasteiger partial charge is 0.416 e. The lowest BCUT2D eigenvalue weighted by Crippen LogP contribution is -2.27. The number of rotatable bonds is 3. The van der Waals surface area contributed by atoms with Gasteiger partial charge in [-0.15, -0.1) is 0 Å². The molecule has 1 aliphatic rings. The van der Waals surface area contributed by atoms with Crippen LogP contribution in [0.25, 0.3) is 0 Å². The van der Waals surface area contributed by atoms with Crippen LogP contribution >= 0.6 is 11.6 Å². The number of Topliss-reactive ketones (excluding diaryl/α,β-unsaturated/α-hetero) is 1. The molecule has 0 saturated carbocycles. The number of anilines is 1. The SMILES string of the molecule is C=C1C(C)=C(C(=O)c2ccccc2)C(=O)N1c1cc(C(F)(F)F)ccc1Cl. The van der Waals surface area contributed by atoms with Crippen molar-refractivity contribution in [3.63, 3.8) is 0 Å². The van der Waals surface area contributed by atoms with Crippen molar-refractivity contribution < 1.29 is 22.8 Å². The summed E-state index contributed by atoms with van der Waals surface area (Å²) >= 11 is 6.04. The number of alkyl halides is 3. The number of allylic oxidation sites excluding steroid dienone is 1. The molecule has 0 radical (unpaired) electrons. The number of carbonyl (C=O) groups is 2. The summed E-state index contributed by atoms with van der Waals surface area (Å²) in [7, 11) is 0.